The third-order valence-corrected chi connectivity index (χ3v) is 4.87. The second kappa shape index (κ2) is 5.81. The first-order valence-corrected chi connectivity index (χ1v) is 7.75. The van der Waals surface area contributed by atoms with E-state index in [9.17, 15) is 14.9 Å². The fraction of sp³-hybridized carbons (Fsp3) is 0.562. The lowest BCUT2D eigenvalue weighted by Crippen LogP contribution is -2.54. The van der Waals surface area contributed by atoms with Crippen LogP contribution in [0.3, 0.4) is 0 Å². The Bertz CT molecular complexity index is 637. The molecule has 1 fully saturated rings. The van der Waals surface area contributed by atoms with Crippen LogP contribution in [0.2, 0.25) is 0 Å². The summed E-state index contributed by atoms with van der Waals surface area (Å²) in [6, 6.07) is 4.59. The lowest BCUT2D eigenvalue weighted by molar-refractivity contribution is -0.385. The third kappa shape index (κ3) is 2.88. The molecule has 7 heteroatoms. The molecule has 124 valence electrons. The van der Waals surface area contributed by atoms with Crippen LogP contribution in [-0.2, 0) is 16.1 Å². The molecule has 23 heavy (non-hydrogen) atoms. The molecular formula is C16H20N2O5. The zero-order chi connectivity index (χ0) is 16.6. The Hall–Kier alpha value is -2.15. The monoisotopic (exact) mass is 320 g/mol. The van der Waals surface area contributed by atoms with E-state index in [0.29, 0.717) is 37.2 Å². The molecule has 0 aromatic heterocycles. The Morgan fingerprint density at radius 2 is 2.09 bits per heavy atom. The molecule has 0 bridgehead atoms. The number of carbonyl (C=O) groups excluding carboxylic acids is 1. The molecule has 2 aliphatic heterocycles. The Balaban J connectivity index is 1.81. The number of nitrogens with zero attached hydrogens (tertiary/aromatic N) is 2. The highest BCUT2D eigenvalue weighted by Gasteiger charge is 2.44. The maximum absolute atomic E-state index is 11.5. The van der Waals surface area contributed by atoms with E-state index in [1.807, 2.05) is 11.8 Å². The van der Waals surface area contributed by atoms with Gasteiger partial charge < -0.3 is 14.4 Å². The first-order valence-electron chi connectivity index (χ1n) is 7.75. The Kier molecular flexibility index (Phi) is 3.97. The van der Waals surface area contributed by atoms with Gasteiger partial charge in [0, 0.05) is 37.7 Å². The topological polar surface area (TPSA) is 81.9 Å². The van der Waals surface area contributed by atoms with E-state index in [2.05, 4.69) is 0 Å². The SMILES string of the molecule is CC(=O)N1CCC2(CC1)OCc1cc([N+](=O)[O-])ccc1OC2C. The second-order valence-electron chi connectivity index (χ2n) is 6.17. The molecule has 1 spiro atoms. The van der Waals surface area contributed by atoms with Crippen molar-refractivity contribution in [2.24, 2.45) is 0 Å². The molecule has 1 unspecified atom stereocenters. The summed E-state index contributed by atoms with van der Waals surface area (Å²) < 4.78 is 12.2. The van der Waals surface area contributed by atoms with E-state index in [4.69, 9.17) is 9.47 Å². The van der Waals surface area contributed by atoms with Crippen LogP contribution < -0.4 is 4.74 Å². The van der Waals surface area contributed by atoms with Crippen LogP contribution in [0.5, 0.6) is 5.75 Å². The summed E-state index contributed by atoms with van der Waals surface area (Å²) in [5, 5.41) is 10.9. The van der Waals surface area contributed by atoms with Crippen LogP contribution >= 0.6 is 0 Å². The van der Waals surface area contributed by atoms with Crippen LogP contribution in [-0.4, -0.2) is 40.5 Å². The number of hydrogen-bond donors (Lipinski definition) is 0. The summed E-state index contributed by atoms with van der Waals surface area (Å²) in [6.07, 6.45) is 1.22. The molecule has 2 heterocycles. The fourth-order valence-corrected chi connectivity index (χ4v) is 3.29. The van der Waals surface area contributed by atoms with E-state index in [1.165, 1.54) is 12.1 Å². The molecule has 3 rings (SSSR count). The minimum Gasteiger partial charge on any atom is -0.487 e. The van der Waals surface area contributed by atoms with Crippen molar-refractivity contribution in [3.63, 3.8) is 0 Å². The third-order valence-electron chi connectivity index (χ3n) is 4.87. The molecule has 0 saturated carbocycles. The maximum atomic E-state index is 11.5. The summed E-state index contributed by atoms with van der Waals surface area (Å²) in [6.45, 7) is 5.08. The first kappa shape index (κ1) is 15.7. The van der Waals surface area contributed by atoms with Gasteiger partial charge in [-0.15, -0.1) is 0 Å². The number of hydrogen-bond acceptors (Lipinski definition) is 5. The van der Waals surface area contributed by atoms with Crippen LogP contribution in [0, 0.1) is 10.1 Å². The van der Waals surface area contributed by atoms with Crippen molar-refractivity contribution >= 4 is 11.6 Å². The van der Waals surface area contributed by atoms with E-state index >= 15 is 0 Å². The van der Waals surface area contributed by atoms with E-state index in [1.54, 1.807) is 13.0 Å². The molecule has 0 radical (unpaired) electrons. The molecule has 1 amide bonds. The van der Waals surface area contributed by atoms with Gasteiger partial charge in [-0.25, -0.2) is 0 Å². The molecule has 2 aliphatic rings. The Morgan fingerprint density at radius 3 is 2.70 bits per heavy atom. The number of likely N-dealkylation sites (tertiary alicyclic amines) is 1. The zero-order valence-electron chi connectivity index (χ0n) is 13.3. The number of ether oxygens (including phenoxy) is 2. The van der Waals surface area contributed by atoms with Crippen LogP contribution in [0.25, 0.3) is 0 Å². The van der Waals surface area contributed by atoms with Gasteiger partial charge in [-0.3, -0.25) is 14.9 Å². The minimum atomic E-state index is -0.459. The highest BCUT2D eigenvalue weighted by Crippen LogP contribution is 2.38. The van der Waals surface area contributed by atoms with Crippen molar-refractivity contribution in [2.45, 2.75) is 45.0 Å². The average molecular weight is 320 g/mol. The summed E-state index contributed by atoms with van der Waals surface area (Å²) in [5.41, 5.74) is 0.266. The van der Waals surface area contributed by atoms with Crippen molar-refractivity contribution in [3.8, 4) is 5.75 Å². The van der Waals surface area contributed by atoms with Gasteiger partial charge in [0.2, 0.25) is 5.91 Å². The Labute approximate surface area is 134 Å². The predicted molar refractivity (Wildman–Crippen MR) is 82.2 cm³/mol. The van der Waals surface area contributed by atoms with Gasteiger partial charge in [0.05, 0.1) is 11.5 Å². The normalized spacial score (nSPS) is 22.9. The number of piperidine rings is 1. The number of nitro benzene ring substituents is 1. The summed E-state index contributed by atoms with van der Waals surface area (Å²) in [7, 11) is 0. The number of carbonyl (C=O) groups is 1. The van der Waals surface area contributed by atoms with Gasteiger partial charge >= 0.3 is 0 Å². The number of amides is 1. The number of benzene rings is 1. The fourth-order valence-electron chi connectivity index (χ4n) is 3.29. The summed E-state index contributed by atoms with van der Waals surface area (Å²) in [5.74, 6) is 0.704. The molecule has 0 N–H and O–H groups in total. The van der Waals surface area contributed by atoms with Gasteiger partial charge in [0.15, 0.2) is 0 Å². The van der Waals surface area contributed by atoms with Gasteiger partial charge in [-0.05, 0) is 25.8 Å². The molecule has 1 aromatic carbocycles. The first-order chi connectivity index (χ1) is 10.9. The summed E-state index contributed by atoms with van der Waals surface area (Å²) >= 11 is 0. The van der Waals surface area contributed by atoms with Gasteiger partial charge in [-0.2, -0.15) is 0 Å². The lowest BCUT2D eigenvalue weighted by atomic mass is 9.86. The molecule has 0 aliphatic carbocycles. The molecule has 7 nitrogen and oxygen atoms in total. The van der Waals surface area contributed by atoms with Crippen LogP contribution in [0.15, 0.2) is 18.2 Å². The lowest BCUT2D eigenvalue weighted by Gasteiger charge is -2.43. The van der Waals surface area contributed by atoms with E-state index in [0.717, 1.165) is 0 Å². The predicted octanol–water partition coefficient (Wildman–Crippen LogP) is 2.27. The average Bonchev–Trinajstić information content (AvgIpc) is 2.65. The van der Waals surface area contributed by atoms with E-state index in [-0.39, 0.29) is 24.3 Å². The van der Waals surface area contributed by atoms with Crippen molar-refractivity contribution in [1.29, 1.82) is 0 Å². The highest BCUT2D eigenvalue weighted by molar-refractivity contribution is 5.73. The number of non-ortho nitro benzene ring substituents is 1. The van der Waals surface area contributed by atoms with Crippen molar-refractivity contribution in [1.82, 2.24) is 4.90 Å². The van der Waals surface area contributed by atoms with Gasteiger partial charge in [0.25, 0.3) is 5.69 Å². The molecule has 1 atom stereocenters. The zero-order valence-corrected chi connectivity index (χ0v) is 13.3. The van der Waals surface area contributed by atoms with Crippen LogP contribution in [0.4, 0.5) is 5.69 Å². The second-order valence-corrected chi connectivity index (χ2v) is 6.17. The maximum Gasteiger partial charge on any atom is 0.270 e. The minimum absolute atomic E-state index is 0.0333. The quantitative estimate of drug-likeness (QED) is 0.585. The molecule has 1 aromatic rings. The Morgan fingerprint density at radius 1 is 1.39 bits per heavy atom. The number of fused-ring (bicyclic) bond motifs is 1. The molecular weight excluding hydrogens is 300 g/mol. The van der Waals surface area contributed by atoms with Crippen molar-refractivity contribution in [2.75, 3.05) is 13.1 Å². The van der Waals surface area contributed by atoms with Crippen molar-refractivity contribution < 1.29 is 19.2 Å². The number of nitro groups is 1. The number of rotatable bonds is 1. The molecule has 1 saturated heterocycles. The van der Waals surface area contributed by atoms with Gasteiger partial charge in [0.1, 0.15) is 17.5 Å². The largest absolute Gasteiger partial charge is 0.487 e. The standard InChI is InChI=1S/C16H20N2O5/c1-11-16(5-7-17(8-6-16)12(2)19)22-10-13-9-14(18(20)21)3-4-15(13)23-11/h3-4,9,11H,5-8,10H2,1-2H3. The van der Waals surface area contributed by atoms with E-state index < -0.39 is 10.5 Å². The van der Waals surface area contributed by atoms with Gasteiger partial charge in [-0.1, -0.05) is 0 Å². The highest BCUT2D eigenvalue weighted by atomic mass is 16.6. The van der Waals surface area contributed by atoms with Crippen LogP contribution in [0.1, 0.15) is 32.3 Å². The summed E-state index contributed by atoms with van der Waals surface area (Å²) in [4.78, 5) is 23.8. The smallest absolute Gasteiger partial charge is 0.270 e. The van der Waals surface area contributed by atoms with Crippen molar-refractivity contribution in [3.05, 3.63) is 33.9 Å².